The average Bonchev–Trinajstić information content (AvgIpc) is 3.45. The monoisotopic (exact) mass is 1100 g/mol. The van der Waals surface area contributed by atoms with E-state index in [0.717, 1.165) is 103 Å². The zero-order chi connectivity index (χ0) is 57.1. The first-order chi connectivity index (χ1) is 39.0. The minimum atomic E-state index is -0.801. The summed E-state index contributed by atoms with van der Waals surface area (Å²) in [6, 6.07) is 0. The van der Waals surface area contributed by atoms with Gasteiger partial charge in [-0.1, -0.05) is 285 Å². The van der Waals surface area contributed by atoms with Crippen molar-refractivity contribution < 1.29 is 28.6 Å². The summed E-state index contributed by atoms with van der Waals surface area (Å²) in [5.74, 6) is -0.933. The highest BCUT2D eigenvalue weighted by molar-refractivity contribution is 5.71. The first kappa shape index (κ1) is 75.3. The van der Waals surface area contributed by atoms with E-state index in [0.29, 0.717) is 19.3 Å². The Labute approximate surface area is 489 Å². The van der Waals surface area contributed by atoms with Crippen LogP contribution in [0.2, 0.25) is 0 Å². The van der Waals surface area contributed by atoms with Crippen molar-refractivity contribution in [2.75, 3.05) is 13.2 Å². The summed E-state index contributed by atoms with van der Waals surface area (Å²) in [5, 5.41) is 0. The molecule has 0 saturated carbocycles. The number of allylic oxidation sites excluding steroid dienone is 16. The van der Waals surface area contributed by atoms with Gasteiger partial charge in [0.25, 0.3) is 0 Å². The lowest BCUT2D eigenvalue weighted by atomic mass is 10.0. The van der Waals surface area contributed by atoms with E-state index in [1.165, 1.54) is 186 Å². The van der Waals surface area contributed by atoms with Gasteiger partial charge in [0.05, 0.1) is 0 Å². The van der Waals surface area contributed by atoms with E-state index in [1.54, 1.807) is 0 Å². The Kier molecular flexibility index (Phi) is 63.7. The predicted molar refractivity (Wildman–Crippen MR) is 344 cm³/mol. The second-order valence-corrected chi connectivity index (χ2v) is 22.3. The second-order valence-electron chi connectivity index (χ2n) is 22.3. The smallest absolute Gasteiger partial charge is 0.306 e. The van der Waals surface area contributed by atoms with Crippen molar-refractivity contribution >= 4 is 17.9 Å². The Bertz CT molecular complexity index is 1540. The molecule has 1 atom stereocenters. The fourth-order valence-corrected chi connectivity index (χ4v) is 9.50. The van der Waals surface area contributed by atoms with Gasteiger partial charge in [-0.05, 0) is 122 Å². The van der Waals surface area contributed by atoms with Gasteiger partial charge in [0.1, 0.15) is 13.2 Å². The molecule has 0 amide bonds. The Morgan fingerprint density at radius 1 is 0.266 bits per heavy atom. The summed E-state index contributed by atoms with van der Waals surface area (Å²) in [5.41, 5.74) is 0. The number of ether oxygens (including phenoxy) is 3. The maximum Gasteiger partial charge on any atom is 0.306 e. The van der Waals surface area contributed by atoms with Gasteiger partial charge in [-0.25, -0.2) is 0 Å². The van der Waals surface area contributed by atoms with Crippen molar-refractivity contribution in [2.24, 2.45) is 0 Å². The molecule has 0 fully saturated rings. The van der Waals surface area contributed by atoms with Gasteiger partial charge in [0.2, 0.25) is 0 Å². The van der Waals surface area contributed by atoms with E-state index < -0.39 is 6.10 Å². The third kappa shape index (κ3) is 65.0. The van der Waals surface area contributed by atoms with E-state index >= 15 is 0 Å². The number of unbranched alkanes of at least 4 members (excludes halogenated alkanes) is 34. The van der Waals surface area contributed by atoms with E-state index in [2.05, 4.69) is 118 Å². The van der Waals surface area contributed by atoms with Crippen LogP contribution in [0.3, 0.4) is 0 Å². The SMILES string of the molecule is CC/C=C\C/C=C\C/C=C\C/C=C\CCCCC(=O)OCC(COC(=O)CCCCCCCCCC/C=C\C/C=C\C/C=C\CCCCCCC)OC(=O)CCCCCCCCCCCCC/C=C\CCCCCCCCCC. The van der Waals surface area contributed by atoms with E-state index in [4.69, 9.17) is 14.2 Å². The van der Waals surface area contributed by atoms with Gasteiger partial charge in [0, 0.05) is 19.3 Å². The molecule has 79 heavy (non-hydrogen) atoms. The summed E-state index contributed by atoms with van der Waals surface area (Å²) >= 11 is 0. The molecule has 0 spiro atoms. The Morgan fingerprint density at radius 2 is 0.494 bits per heavy atom. The summed E-state index contributed by atoms with van der Waals surface area (Å²) in [7, 11) is 0. The molecule has 0 saturated heterocycles. The molecular weight excluding hydrogens is 973 g/mol. The summed E-state index contributed by atoms with van der Waals surface area (Å²) in [6.07, 6.45) is 90.0. The van der Waals surface area contributed by atoms with E-state index in [-0.39, 0.29) is 31.1 Å². The molecule has 0 heterocycles. The molecule has 0 aliphatic carbocycles. The molecule has 1 unspecified atom stereocenters. The molecule has 0 aromatic heterocycles. The number of hydrogen-bond donors (Lipinski definition) is 0. The third-order valence-corrected chi connectivity index (χ3v) is 14.5. The highest BCUT2D eigenvalue weighted by atomic mass is 16.6. The fourth-order valence-electron chi connectivity index (χ4n) is 9.50. The molecule has 0 bridgehead atoms. The summed E-state index contributed by atoms with van der Waals surface area (Å²) in [6.45, 7) is 6.51. The molecule has 0 aliphatic rings. The quantitative estimate of drug-likeness (QED) is 0.0261. The van der Waals surface area contributed by atoms with Crippen LogP contribution < -0.4 is 0 Å². The van der Waals surface area contributed by atoms with Gasteiger partial charge < -0.3 is 14.2 Å². The van der Waals surface area contributed by atoms with Crippen LogP contribution in [0.5, 0.6) is 0 Å². The van der Waals surface area contributed by atoms with Gasteiger partial charge in [-0.2, -0.15) is 0 Å². The molecule has 0 aliphatic heterocycles. The van der Waals surface area contributed by atoms with Crippen molar-refractivity contribution in [1.82, 2.24) is 0 Å². The van der Waals surface area contributed by atoms with Crippen molar-refractivity contribution in [3.05, 3.63) is 97.2 Å². The molecule has 0 radical (unpaired) electrons. The van der Waals surface area contributed by atoms with Crippen LogP contribution in [0.15, 0.2) is 97.2 Å². The van der Waals surface area contributed by atoms with Crippen LogP contribution in [-0.4, -0.2) is 37.2 Å². The maximum atomic E-state index is 12.9. The average molecular weight is 1100 g/mol. The maximum absolute atomic E-state index is 12.9. The summed E-state index contributed by atoms with van der Waals surface area (Å²) in [4.78, 5) is 38.4. The zero-order valence-corrected chi connectivity index (χ0v) is 52.1. The van der Waals surface area contributed by atoms with Crippen molar-refractivity contribution in [2.45, 2.75) is 335 Å². The van der Waals surface area contributed by atoms with Gasteiger partial charge in [-0.3, -0.25) is 14.4 Å². The number of hydrogen-bond acceptors (Lipinski definition) is 6. The molecule has 454 valence electrons. The van der Waals surface area contributed by atoms with Crippen LogP contribution in [0.4, 0.5) is 0 Å². The molecule has 6 nitrogen and oxygen atoms in total. The fraction of sp³-hybridized carbons (Fsp3) is 0.740. The molecule has 0 aromatic rings. The normalized spacial score (nSPS) is 12.7. The van der Waals surface area contributed by atoms with Gasteiger partial charge in [0.15, 0.2) is 6.10 Å². The molecule has 0 N–H and O–H groups in total. The lowest BCUT2D eigenvalue weighted by molar-refractivity contribution is -0.167. The topological polar surface area (TPSA) is 78.9 Å². The first-order valence-electron chi connectivity index (χ1n) is 33.7. The largest absolute Gasteiger partial charge is 0.462 e. The predicted octanol–water partition coefficient (Wildman–Crippen LogP) is 23.2. The van der Waals surface area contributed by atoms with Crippen LogP contribution in [0.1, 0.15) is 329 Å². The molecule has 0 rings (SSSR count). The van der Waals surface area contributed by atoms with E-state index in [9.17, 15) is 14.4 Å². The van der Waals surface area contributed by atoms with Crippen molar-refractivity contribution in [1.29, 1.82) is 0 Å². The number of esters is 3. The van der Waals surface area contributed by atoms with Crippen molar-refractivity contribution in [3.8, 4) is 0 Å². The van der Waals surface area contributed by atoms with Gasteiger partial charge >= 0.3 is 17.9 Å². The lowest BCUT2D eigenvalue weighted by Gasteiger charge is -2.18. The van der Waals surface area contributed by atoms with Crippen molar-refractivity contribution in [3.63, 3.8) is 0 Å². The standard InChI is InChI=1S/C73H126O6/c1-4-7-10-13-16-19-22-25-28-30-32-34-36-38-40-42-45-48-51-54-57-60-63-66-72(75)78-69-70(68-77-71(74)65-62-59-56-53-50-47-44-27-24-21-18-15-12-9-6-3)79-73(76)67-64-61-58-55-52-49-46-43-41-39-37-35-33-31-29-26-23-20-17-14-11-8-5-2/h9,12,18,21-22,25,27,30-33,36,38,44,50,53,70H,4-8,10-11,13-17,19-20,23-24,26,28-29,34-35,37,39-43,45-49,51-52,54-69H2,1-3H3/b12-9-,21-18-,25-22-,32-30-,33-31-,38-36-,44-27-,53-50-. The van der Waals surface area contributed by atoms with Crippen LogP contribution in [0, 0.1) is 0 Å². The second kappa shape index (κ2) is 66.8. The minimum absolute atomic E-state index is 0.0943. The minimum Gasteiger partial charge on any atom is -0.462 e. The lowest BCUT2D eigenvalue weighted by Crippen LogP contribution is -2.30. The zero-order valence-electron chi connectivity index (χ0n) is 52.1. The Hall–Kier alpha value is -3.67. The molecule has 6 heteroatoms. The Balaban J connectivity index is 4.39. The highest BCUT2D eigenvalue weighted by Crippen LogP contribution is 2.16. The highest BCUT2D eigenvalue weighted by Gasteiger charge is 2.19. The van der Waals surface area contributed by atoms with Crippen LogP contribution in [0.25, 0.3) is 0 Å². The van der Waals surface area contributed by atoms with Crippen LogP contribution in [-0.2, 0) is 28.6 Å². The Morgan fingerprint density at radius 3 is 0.810 bits per heavy atom. The number of carbonyl (C=O) groups is 3. The third-order valence-electron chi connectivity index (χ3n) is 14.5. The van der Waals surface area contributed by atoms with Gasteiger partial charge in [-0.15, -0.1) is 0 Å². The van der Waals surface area contributed by atoms with E-state index in [1.807, 2.05) is 0 Å². The summed E-state index contributed by atoms with van der Waals surface area (Å²) < 4.78 is 16.9. The number of rotatable bonds is 61. The molecule has 0 aromatic carbocycles. The first-order valence-corrected chi connectivity index (χ1v) is 33.7. The van der Waals surface area contributed by atoms with Crippen LogP contribution >= 0.6 is 0 Å². The number of carbonyl (C=O) groups excluding carboxylic acids is 3. The molecular formula is C73H126O6.